The quantitative estimate of drug-likeness (QED) is 0.494. The van der Waals surface area contributed by atoms with Gasteiger partial charge in [0.1, 0.15) is 5.75 Å². The van der Waals surface area contributed by atoms with Crippen molar-refractivity contribution < 1.29 is 9.53 Å². The lowest BCUT2D eigenvalue weighted by Crippen LogP contribution is -2.34. The van der Waals surface area contributed by atoms with Gasteiger partial charge in [-0.15, -0.1) is 0 Å². The van der Waals surface area contributed by atoms with Gasteiger partial charge in [0.2, 0.25) is 0 Å². The van der Waals surface area contributed by atoms with Gasteiger partial charge < -0.3 is 15.0 Å². The van der Waals surface area contributed by atoms with Crippen LogP contribution in [-0.2, 0) is 0 Å². The second-order valence-electron chi connectivity index (χ2n) is 6.98. The second kappa shape index (κ2) is 11.2. The molecule has 0 radical (unpaired) electrons. The fourth-order valence-corrected chi connectivity index (χ4v) is 3.40. The minimum absolute atomic E-state index is 0.252. The molecule has 0 aliphatic rings. The number of thiocarbonyl (C=S) groups is 1. The fraction of sp³-hybridized carbons (Fsp3) is 0.364. The molecular weight excluding hydrogens is 450 g/mol. The number of carbonyl (C=O) groups excluding carboxylic acids is 1. The van der Waals surface area contributed by atoms with E-state index in [0.29, 0.717) is 23.8 Å². The molecular formula is C22H28BrN3O2S. The van der Waals surface area contributed by atoms with E-state index < -0.39 is 0 Å². The molecule has 0 unspecified atom stereocenters. The molecule has 0 aliphatic carbocycles. The summed E-state index contributed by atoms with van der Waals surface area (Å²) in [4.78, 5) is 14.7. The van der Waals surface area contributed by atoms with Crippen molar-refractivity contribution in [3.8, 4) is 5.75 Å². The Morgan fingerprint density at radius 3 is 2.34 bits per heavy atom. The number of nitrogens with one attached hydrogen (secondary N) is 2. The summed E-state index contributed by atoms with van der Waals surface area (Å²) in [6.07, 6.45) is 0. The molecule has 156 valence electrons. The smallest absolute Gasteiger partial charge is 0.257 e. The summed E-state index contributed by atoms with van der Waals surface area (Å²) in [5.41, 5.74) is 2.47. The maximum Gasteiger partial charge on any atom is 0.257 e. The van der Waals surface area contributed by atoms with Gasteiger partial charge in [-0.25, -0.2) is 0 Å². The lowest BCUT2D eigenvalue weighted by Gasteiger charge is -2.21. The van der Waals surface area contributed by atoms with Crippen LogP contribution in [0.5, 0.6) is 5.75 Å². The first-order valence-electron chi connectivity index (χ1n) is 9.73. The maximum absolute atomic E-state index is 12.5. The predicted octanol–water partition coefficient (Wildman–Crippen LogP) is 5.46. The highest BCUT2D eigenvalue weighted by Gasteiger charge is 2.12. The largest absolute Gasteiger partial charge is 0.492 e. The third-order valence-electron chi connectivity index (χ3n) is 4.25. The van der Waals surface area contributed by atoms with Crippen molar-refractivity contribution >= 4 is 50.5 Å². The SMILES string of the molecule is CCN(CC)c1ccc(NC(=S)NC(=O)c2ccc(OCC(C)C)c(Br)c2)cc1. The third kappa shape index (κ3) is 7.01. The zero-order chi connectivity index (χ0) is 21.4. The summed E-state index contributed by atoms with van der Waals surface area (Å²) in [5.74, 6) is 0.858. The molecule has 0 atom stereocenters. The van der Waals surface area contributed by atoms with Crippen LogP contribution < -0.4 is 20.3 Å². The number of carbonyl (C=O) groups is 1. The van der Waals surface area contributed by atoms with E-state index in [1.165, 1.54) is 0 Å². The standard InChI is InChI=1S/C22H28BrN3O2S/c1-5-26(6-2)18-10-8-17(9-11-18)24-22(29)25-21(27)16-7-12-20(19(23)13-16)28-14-15(3)4/h7-13,15H,5-6,14H2,1-4H3,(H2,24,25,27,29). The van der Waals surface area contributed by atoms with Crippen molar-refractivity contribution in [1.82, 2.24) is 5.32 Å². The molecule has 0 saturated heterocycles. The van der Waals surface area contributed by atoms with Crippen LogP contribution in [0.2, 0.25) is 0 Å². The van der Waals surface area contributed by atoms with E-state index >= 15 is 0 Å². The maximum atomic E-state index is 12.5. The topological polar surface area (TPSA) is 53.6 Å². The molecule has 2 rings (SSSR count). The summed E-state index contributed by atoms with van der Waals surface area (Å²) in [5, 5.41) is 6.01. The van der Waals surface area contributed by atoms with Crippen molar-refractivity contribution in [2.45, 2.75) is 27.7 Å². The molecule has 1 amide bonds. The Bertz CT molecular complexity index is 836. The monoisotopic (exact) mass is 477 g/mol. The number of halogens is 1. The van der Waals surface area contributed by atoms with E-state index in [1.54, 1.807) is 18.2 Å². The van der Waals surface area contributed by atoms with Crippen LogP contribution in [0, 0.1) is 5.92 Å². The van der Waals surface area contributed by atoms with Gasteiger partial charge >= 0.3 is 0 Å². The molecule has 5 nitrogen and oxygen atoms in total. The Balaban J connectivity index is 1.95. The van der Waals surface area contributed by atoms with Crippen LogP contribution in [-0.4, -0.2) is 30.7 Å². The molecule has 0 spiro atoms. The minimum Gasteiger partial charge on any atom is -0.492 e. The van der Waals surface area contributed by atoms with Gasteiger partial charge in [0, 0.05) is 30.0 Å². The number of rotatable bonds is 8. The van der Waals surface area contributed by atoms with Crippen molar-refractivity contribution in [2.75, 3.05) is 29.9 Å². The Morgan fingerprint density at radius 1 is 1.14 bits per heavy atom. The van der Waals surface area contributed by atoms with E-state index in [2.05, 4.69) is 59.2 Å². The highest BCUT2D eigenvalue weighted by molar-refractivity contribution is 9.10. The normalized spacial score (nSPS) is 10.6. The number of anilines is 2. The number of nitrogens with zero attached hydrogens (tertiary/aromatic N) is 1. The highest BCUT2D eigenvalue weighted by Crippen LogP contribution is 2.26. The van der Waals surface area contributed by atoms with Gasteiger partial charge in [0.05, 0.1) is 11.1 Å². The number of benzene rings is 2. The summed E-state index contributed by atoms with van der Waals surface area (Å²) in [6, 6.07) is 13.2. The molecule has 2 N–H and O–H groups in total. The van der Waals surface area contributed by atoms with Crippen LogP contribution in [0.3, 0.4) is 0 Å². The highest BCUT2D eigenvalue weighted by atomic mass is 79.9. The number of hydrogen-bond acceptors (Lipinski definition) is 4. The molecule has 0 aromatic heterocycles. The zero-order valence-electron chi connectivity index (χ0n) is 17.3. The molecule has 29 heavy (non-hydrogen) atoms. The van der Waals surface area contributed by atoms with Crippen LogP contribution in [0.15, 0.2) is 46.9 Å². The predicted molar refractivity (Wildman–Crippen MR) is 128 cm³/mol. The molecule has 0 bridgehead atoms. The average Bonchev–Trinajstić information content (AvgIpc) is 2.69. The fourth-order valence-electron chi connectivity index (χ4n) is 2.70. The summed E-state index contributed by atoms with van der Waals surface area (Å²) in [7, 11) is 0. The third-order valence-corrected chi connectivity index (χ3v) is 5.07. The summed E-state index contributed by atoms with van der Waals surface area (Å²) in [6.45, 7) is 10.9. The lowest BCUT2D eigenvalue weighted by molar-refractivity contribution is 0.0977. The van der Waals surface area contributed by atoms with E-state index in [-0.39, 0.29) is 11.0 Å². The molecule has 2 aromatic rings. The number of ether oxygens (including phenoxy) is 1. The molecule has 0 fully saturated rings. The van der Waals surface area contributed by atoms with Gasteiger partial charge in [-0.1, -0.05) is 13.8 Å². The van der Waals surface area contributed by atoms with E-state index in [9.17, 15) is 4.79 Å². The molecule has 0 saturated carbocycles. The first-order valence-corrected chi connectivity index (χ1v) is 10.9. The van der Waals surface area contributed by atoms with Gasteiger partial charge in [0.25, 0.3) is 5.91 Å². The van der Waals surface area contributed by atoms with Crippen LogP contribution in [0.4, 0.5) is 11.4 Å². The first-order chi connectivity index (χ1) is 13.8. The molecule has 0 aliphatic heterocycles. The zero-order valence-corrected chi connectivity index (χ0v) is 19.7. The Labute approximate surface area is 186 Å². The van der Waals surface area contributed by atoms with Crippen molar-refractivity contribution in [1.29, 1.82) is 0 Å². The Morgan fingerprint density at radius 2 is 1.79 bits per heavy atom. The molecule has 2 aromatic carbocycles. The van der Waals surface area contributed by atoms with Gasteiger partial charge in [-0.2, -0.15) is 0 Å². The minimum atomic E-state index is -0.279. The van der Waals surface area contributed by atoms with E-state index in [4.69, 9.17) is 17.0 Å². The average molecular weight is 478 g/mol. The van der Waals surface area contributed by atoms with Crippen LogP contribution in [0.1, 0.15) is 38.1 Å². The van der Waals surface area contributed by atoms with Crippen molar-refractivity contribution in [3.63, 3.8) is 0 Å². The molecule has 7 heteroatoms. The number of amides is 1. The van der Waals surface area contributed by atoms with Crippen LogP contribution in [0.25, 0.3) is 0 Å². The van der Waals surface area contributed by atoms with Gasteiger partial charge in [-0.05, 0) is 90.4 Å². The van der Waals surface area contributed by atoms with E-state index in [0.717, 1.165) is 28.9 Å². The van der Waals surface area contributed by atoms with E-state index in [1.807, 2.05) is 24.3 Å². The summed E-state index contributed by atoms with van der Waals surface area (Å²) < 4.78 is 6.45. The first kappa shape index (κ1) is 23.2. The van der Waals surface area contributed by atoms with Gasteiger partial charge in [0.15, 0.2) is 5.11 Å². The van der Waals surface area contributed by atoms with Crippen LogP contribution >= 0.6 is 28.1 Å². The summed E-state index contributed by atoms with van der Waals surface area (Å²) >= 11 is 8.74. The van der Waals surface area contributed by atoms with Gasteiger partial charge in [-0.3, -0.25) is 10.1 Å². The molecule has 0 heterocycles. The second-order valence-corrected chi connectivity index (χ2v) is 8.24. The van der Waals surface area contributed by atoms with Crippen molar-refractivity contribution in [3.05, 3.63) is 52.5 Å². The lowest BCUT2D eigenvalue weighted by atomic mass is 10.2. The number of hydrogen-bond donors (Lipinski definition) is 2. The van der Waals surface area contributed by atoms with Crippen molar-refractivity contribution in [2.24, 2.45) is 5.92 Å². The Kier molecular flexibility index (Phi) is 8.92. The Hall–Kier alpha value is -2.12.